The number of nitrogens with one attached hydrogen (secondary N) is 1. The van der Waals surface area contributed by atoms with Crippen LogP contribution in [0.5, 0.6) is 0 Å². The Labute approximate surface area is 83.1 Å². The molecule has 0 unspecified atom stereocenters. The van der Waals surface area contributed by atoms with E-state index in [1.165, 1.54) is 17.5 Å². The molecule has 0 bridgehead atoms. The number of anilines is 1. The quantitative estimate of drug-likeness (QED) is 0.745. The van der Waals surface area contributed by atoms with Crippen LogP contribution in [0.3, 0.4) is 0 Å². The first kappa shape index (κ1) is 11.0. The molecule has 6 nitrogen and oxygen atoms in total. The third-order valence-electron chi connectivity index (χ3n) is 1.86. The molecule has 3 N–H and O–H groups in total. The predicted octanol–water partition coefficient (Wildman–Crippen LogP) is 0.0224. The average molecular weight is 218 g/mol. The molecule has 14 heavy (non-hydrogen) atoms. The van der Waals surface area contributed by atoms with Crippen LogP contribution in [0.1, 0.15) is 13.3 Å². The van der Waals surface area contributed by atoms with E-state index >= 15 is 0 Å². The van der Waals surface area contributed by atoms with Gasteiger partial charge in [0.15, 0.2) is 0 Å². The van der Waals surface area contributed by atoms with Crippen LogP contribution >= 0.6 is 0 Å². The molecular formula is C7H14N4O2S. The third-order valence-corrected chi connectivity index (χ3v) is 3.74. The van der Waals surface area contributed by atoms with E-state index in [4.69, 9.17) is 5.73 Å². The summed E-state index contributed by atoms with van der Waals surface area (Å²) in [6.45, 7) is 2.37. The van der Waals surface area contributed by atoms with Crippen LogP contribution in [0, 0.1) is 0 Å². The fourth-order valence-electron chi connectivity index (χ4n) is 1.09. The van der Waals surface area contributed by atoms with Crippen molar-refractivity contribution < 1.29 is 8.42 Å². The highest BCUT2D eigenvalue weighted by molar-refractivity contribution is 7.89. The molecule has 7 heteroatoms. The Kier molecular flexibility index (Phi) is 3.12. The van der Waals surface area contributed by atoms with Crippen molar-refractivity contribution in [2.45, 2.75) is 18.2 Å². The minimum Gasteiger partial charge on any atom is -0.383 e. The molecule has 1 heterocycles. The van der Waals surface area contributed by atoms with Crippen molar-refractivity contribution in [3.63, 3.8) is 0 Å². The molecule has 1 aromatic heterocycles. The summed E-state index contributed by atoms with van der Waals surface area (Å²) in [6.07, 6.45) is 1.98. The smallest absolute Gasteiger partial charge is 0.248 e. The predicted molar refractivity (Wildman–Crippen MR) is 53.1 cm³/mol. The molecule has 0 spiro atoms. The first-order chi connectivity index (χ1) is 6.50. The van der Waals surface area contributed by atoms with Crippen molar-refractivity contribution in [1.29, 1.82) is 0 Å². The molecule has 0 saturated heterocycles. The number of nitrogens with two attached hydrogens (primary N) is 1. The summed E-state index contributed by atoms with van der Waals surface area (Å²) >= 11 is 0. The zero-order valence-corrected chi connectivity index (χ0v) is 9.00. The molecule has 0 aliphatic carbocycles. The Balaban J connectivity index is 3.03. The van der Waals surface area contributed by atoms with Gasteiger partial charge in [0.25, 0.3) is 0 Å². The van der Waals surface area contributed by atoms with Gasteiger partial charge in [-0.25, -0.2) is 12.7 Å². The van der Waals surface area contributed by atoms with Gasteiger partial charge in [0.1, 0.15) is 10.7 Å². The van der Waals surface area contributed by atoms with Crippen molar-refractivity contribution in [3.8, 4) is 0 Å². The molecule has 0 amide bonds. The number of hydrogen-bond donors (Lipinski definition) is 2. The van der Waals surface area contributed by atoms with Gasteiger partial charge in [-0.3, -0.25) is 5.10 Å². The summed E-state index contributed by atoms with van der Waals surface area (Å²) < 4.78 is 24.8. The minimum absolute atomic E-state index is 0.0356. The zero-order valence-electron chi connectivity index (χ0n) is 8.19. The molecule has 0 aliphatic rings. The summed E-state index contributed by atoms with van der Waals surface area (Å²) in [7, 11) is -1.95. The number of nitrogens with zero attached hydrogens (tertiary/aromatic N) is 2. The van der Waals surface area contributed by atoms with Crippen molar-refractivity contribution in [1.82, 2.24) is 14.5 Å². The normalized spacial score (nSPS) is 12.2. The molecule has 1 aromatic rings. The summed E-state index contributed by atoms with van der Waals surface area (Å²) in [6, 6.07) is 0. The van der Waals surface area contributed by atoms with Gasteiger partial charge in [-0.15, -0.1) is 0 Å². The van der Waals surface area contributed by atoms with Gasteiger partial charge in [-0.2, -0.15) is 5.10 Å². The fraction of sp³-hybridized carbons (Fsp3) is 0.571. The highest BCUT2D eigenvalue weighted by Crippen LogP contribution is 2.18. The van der Waals surface area contributed by atoms with Gasteiger partial charge < -0.3 is 5.73 Å². The number of aromatic amines is 1. The van der Waals surface area contributed by atoms with E-state index in [1.807, 2.05) is 6.92 Å². The van der Waals surface area contributed by atoms with Gasteiger partial charge in [-0.05, 0) is 6.42 Å². The van der Waals surface area contributed by atoms with Crippen LogP contribution in [-0.4, -0.2) is 36.5 Å². The molecule has 0 atom stereocenters. The first-order valence-corrected chi connectivity index (χ1v) is 5.69. The molecular weight excluding hydrogens is 204 g/mol. The van der Waals surface area contributed by atoms with E-state index in [0.29, 0.717) is 6.54 Å². The van der Waals surface area contributed by atoms with Crippen LogP contribution in [0.25, 0.3) is 0 Å². The molecule has 0 fully saturated rings. The fourth-order valence-corrected chi connectivity index (χ4v) is 2.36. The largest absolute Gasteiger partial charge is 0.383 e. The Morgan fingerprint density at radius 3 is 2.71 bits per heavy atom. The first-order valence-electron chi connectivity index (χ1n) is 4.25. The van der Waals surface area contributed by atoms with Gasteiger partial charge in [0.05, 0.1) is 6.20 Å². The van der Waals surface area contributed by atoms with Crippen molar-refractivity contribution in [3.05, 3.63) is 6.20 Å². The number of H-pyrrole nitrogens is 1. The number of rotatable bonds is 4. The van der Waals surface area contributed by atoms with Gasteiger partial charge >= 0.3 is 0 Å². The topological polar surface area (TPSA) is 92.1 Å². The van der Waals surface area contributed by atoms with E-state index in [9.17, 15) is 8.42 Å². The van der Waals surface area contributed by atoms with Gasteiger partial charge in [0.2, 0.25) is 10.0 Å². The van der Waals surface area contributed by atoms with Gasteiger partial charge in [0, 0.05) is 13.6 Å². The SMILES string of the molecule is CCCN(C)S(=O)(=O)c1cn[nH]c1N. The second-order valence-corrected chi connectivity index (χ2v) is 4.99. The van der Waals surface area contributed by atoms with E-state index in [0.717, 1.165) is 6.42 Å². The Morgan fingerprint density at radius 2 is 2.29 bits per heavy atom. The molecule has 0 aromatic carbocycles. The maximum Gasteiger partial charge on any atom is 0.248 e. The lowest BCUT2D eigenvalue weighted by molar-refractivity contribution is 0.469. The minimum atomic E-state index is -3.47. The summed E-state index contributed by atoms with van der Waals surface area (Å²) in [5.74, 6) is 0.0768. The van der Waals surface area contributed by atoms with Crippen molar-refractivity contribution >= 4 is 15.8 Å². The maximum atomic E-state index is 11.8. The van der Waals surface area contributed by atoms with Crippen LogP contribution in [0.4, 0.5) is 5.82 Å². The summed E-state index contributed by atoms with van der Waals surface area (Å²) in [4.78, 5) is 0.0356. The van der Waals surface area contributed by atoms with Crippen molar-refractivity contribution in [2.24, 2.45) is 0 Å². The highest BCUT2D eigenvalue weighted by Gasteiger charge is 2.23. The lowest BCUT2D eigenvalue weighted by Gasteiger charge is -2.14. The lowest BCUT2D eigenvalue weighted by Crippen LogP contribution is -2.27. The second-order valence-electron chi connectivity index (χ2n) is 2.97. The van der Waals surface area contributed by atoms with E-state index in [1.54, 1.807) is 0 Å². The standard InChI is InChI=1S/C7H14N4O2S/c1-3-4-11(2)14(12,13)6-5-9-10-7(6)8/h5H,3-4H2,1-2H3,(H3,8,9,10). The molecule has 80 valence electrons. The van der Waals surface area contributed by atoms with Gasteiger partial charge in [-0.1, -0.05) is 6.92 Å². The monoisotopic (exact) mass is 218 g/mol. The van der Waals surface area contributed by atoms with E-state index in [2.05, 4.69) is 10.2 Å². The van der Waals surface area contributed by atoms with Crippen LogP contribution in [0.2, 0.25) is 0 Å². The lowest BCUT2D eigenvalue weighted by atomic mass is 10.5. The number of hydrogen-bond acceptors (Lipinski definition) is 4. The van der Waals surface area contributed by atoms with E-state index < -0.39 is 10.0 Å². The van der Waals surface area contributed by atoms with Crippen LogP contribution in [-0.2, 0) is 10.0 Å². The molecule has 0 saturated carbocycles. The van der Waals surface area contributed by atoms with Crippen LogP contribution in [0.15, 0.2) is 11.1 Å². The molecule has 0 radical (unpaired) electrons. The van der Waals surface area contributed by atoms with Crippen molar-refractivity contribution in [2.75, 3.05) is 19.3 Å². The number of sulfonamides is 1. The summed E-state index contributed by atoms with van der Waals surface area (Å²) in [5.41, 5.74) is 5.44. The van der Waals surface area contributed by atoms with E-state index in [-0.39, 0.29) is 10.7 Å². The Morgan fingerprint density at radius 1 is 1.64 bits per heavy atom. The molecule has 1 rings (SSSR count). The number of nitrogen functional groups attached to an aromatic ring is 1. The zero-order chi connectivity index (χ0) is 10.8. The third kappa shape index (κ3) is 1.88. The Hall–Kier alpha value is -1.08. The summed E-state index contributed by atoms with van der Waals surface area (Å²) in [5, 5.41) is 5.97. The average Bonchev–Trinajstić information content (AvgIpc) is 2.52. The highest BCUT2D eigenvalue weighted by atomic mass is 32.2. The number of aromatic nitrogens is 2. The Bertz CT molecular complexity index is 398. The molecule has 0 aliphatic heterocycles. The second kappa shape index (κ2) is 3.97. The van der Waals surface area contributed by atoms with Crippen LogP contribution < -0.4 is 5.73 Å². The maximum absolute atomic E-state index is 11.8.